The van der Waals surface area contributed by atoms with Crippen molar-refractivity contribution in [3.63, 3.8) is 0 Å². The molecule has 3 rings (SSSR count). The van der Waals surface area contributed by atoms with Gasteiger partial charge in [0.05, 0.1) is 11.8 Å². The van der Waals surface area contributed by atoms with Gasteiger partial charge in [0.1, 0.15) is 17.1 Å². The number of thiazole rings is 1. The number of ether oxygens (including phenoxy) is 1. The van der Waals surface area contributed by atoms with Gasteiger partial charge in [0.25, 0.3) is 0 Å². The van der Waals surface area contributed by atoms with E-state index in [1.807, 2.05) is 23.1 Å². The molecule has 5 nitrogen and oxygen atoms in total. The highest BCUT2D eigenvalue weighted by Crippen LogP contribution is 2.34. The molecular weight excluding hydrogens is 481 g/mol. The number of hydrogen-bond donors (Lipinski definition) is 0. The summed E-state index contributed by atoms with van der Waals surface area (Å²) >= 11 is 3.16. The number of aromatic nitrogens is 1. The van der Waals surface area contributed by atoms with Gasteiger partial charge >= 0.3 is 0 Å². The van der Waals surface area contributed by atoms with E-state index in [-0.39, 0.29) is 24.1 Å². The van der Waals surface area contributed by atoms with Crippen molar-refractivity contribution in [3.8, 4) is 5.75 Å². The summed E-state index contributed by atoms with van der Waals surface area (Å²) in [6.45, 7) is 7.56. The number of fused-ring (bicyclic) bond motifs is 1. The SMILES string of the molecule is CCN(CC)CCN(C(=O)CCCSc1ccc(F)cc1)c1nc2c(OC)cccc2s1.Cl. The van der Waals surface area contributed by atoms with Crippen molar-refractivity contribution < 1.29 is 13.9 Å². The third kappa shape index (κ3) is 7.57. The number of carbonyl (C=O) groups excluding carboxylic acids is 1. The lowest BCUT2D eigenvalue weighted by molar-refractivity contribution is -0.118. The van der Waals surface area contributed by atoms with Crippen LogP contribution in [0.1, 0.15) is 26.7 Å². The van der Waals surface area contributed by atoms with E-state index in [0.717, 1.165) is 52.7 Å². The standard InChI is InChI=1S/C24H30FN3O2S2.ClH/c1-4-27(5-2)15-16-28(24-26-23-20(30-3)8-6-9-21(23)32-24)22(29)10-7-17-31-19-13-11-18(25)12-14-19;/h6,8-9,11-14H,4-5,7,10,15-17H2,1-3H3;1H. The summed E-state index contributed by atoms with van der Waals surface area (Å²) in [6.07, 6.45) is 1.19. The van der Waals surface area contributed by atoms with E-state index in [1.54, 1.807) is 31.0 Å². The molecule has 9 heteroatoms. The normalized spacial score (nSPS) is 10.9. The zero-order valence-electron chi connectivity index (χ0n) is 19.3. The molecule has 0 N–H and O–H groups in total. The first-order chi connectivity index (χ1) is 15.5. The van der Waals surface area contributed by atoms with Gasteiger partial charge in [-0.15, -0.1) is 24.2 Å². The molecule has 0 unspecified atom stereocenters. The minimum Gasteiger partial charge on any atom is -0.494 e. The number of likely N-dealkylation sites (N-methyl/N-ethyl adjacent to an activating group) is 1. The molecule has 2 aromatic carbocycles. The molecule has 0 spiro atoms. The van der Waals surface area contributed by atoms with Crippen LogP contribution < -0.4 is 9.64 Å². The van der Waals surface area contributed by atoms with E-state index in [4.69, 9.17) is 9.72 Å². The number of rotatable bonds is 12. The van der Waals surface area contributed by atoms with Crippen molar-refractivity contribution in [1.82, 2.24) is 9.88 Å². The molecule has 0 aliphatic heterocycles. The van der Waals surface area contributed by atoms with Gasteiger partial charge in [-0.05, 0) is 61.7 Å². The van der Waals surface area contributed by atoms with Crippen LogP contribution in [-0.4, -0.2) is 54.8 Å². The van der Waals surface area contributed by atoms with Gasteiger partial charge < -0.3 is 9.64 Å². The van der Waals surface area contributed by atoms with Gasteiger partial charge in [-0.1, -0.05) is 31.3 Å². The van der Waals surface area contributed by atoms with Gasteiger partial charge in [-0.2, -0.15) is 0 Å². The van der Waals surface area contributed by atoms with Crippen molar-refractivity contribution in [2.24, 2.45) is 0 Å². The molecule has 1 heterocycles. The number of hydrogen-bond acceptors (Lipinski definition) is 6. The monoisotopic (exact) mass is 511 g/mol. The van der Waals surface area contributed by atoms with Crippen LogP contribution in [0.4, 0.5) is 9.52 Å². The van der Waals surface area contributed by atoms with Crippen molar-refractivity contribution >= 4 is 56.8 Å². The minimum atomic E-state index is -0.235. The fraction of sp³-hybridized carbons (Fsp3) is 0.417. The predicted octanol–water partition coefficient (Wildman–Crippen LogP) is 6.11. The lowest BCUT2D eigenvalue weighted by atomic mass is 10.3. The zero-order chi connectivity index (χ0) is 22.9. The average molecular weight is 512 g/mol. The van der Waals surface area contributed by atoms with Gasteiger partial charge in [0, 0.05) is 24.4 Å². The molecule has 180 valence electrons. The number of nitrogens with zero attached hydrogens (tertiary/aromatic N) is 3. The molecule has 0 aliphatic rings. The molecular formula is C24H31ClFN3O2S2. The maximum atomic E-state index is 13.2. The minimum absolute atomic E-state index is 0. The second kappa shape index (κ2) is 13.7. The van der Waals surface area contributed by atoms with Crippen LogP contribution in [0.3, 0.4) is 0 Å². The van der Waals surface area contributed by atoms with Gasteiger partial charge in [0.15, 0.2) is 5.13 Å². The Morgan fingerprint density at radius 2 is 1.85 bits per heavy atom. The highest BCUT2D eigenvalue weighted by molar-refractivity contribution is 7.99. The van der Waals surface area contributed by atoms with Gasteiger partial charge in [-0.25, -0.2) is 9.37 Å². The average Bonchev–Trinajstić information content (AvgIpc) is 3.24. The third-order valence-electron chi connectivity index (χ3n) is 5.27. The van der Waals surface area contributed by atoms with Gasteiger partial charge in [0.2, 0.25) is 5.91 Å². The summed E-state index contributed by atoms with van der Waals surface area (Å²) in [5.74, 6) is 1.36. The maximum Gasteiger partial charge on any atom is 0.228 e. The second-order valence-electron chi connectivity index (χ2n) is 7.28. The summed E-state index contributed by atoms with van der Waals surface area (Å²) in [5, 5.41) is 0.716. The van der Waals surface area contributed by atoms with Crippen molar-refractivity contribution in [2.75, 3.05) is 43.9 Å². The van der Waals surface area contributed by atoms with E-state index >= 15 is 0 Å². The van der Waals surface area contributed by atoms with Crippen LogP contribution >= 0.6 is 35.5 Å². The van der Waals surface area contributed by atoms with E-state index < -0.39 is 0 Å². The number of benzene rings is 2. The first-order valence-electron chi connectivity index (χ1n) is 10.9. The summed E-state index contributed by atoms with van der Waals surface area (Å²) in [5.41, 5.74) is 0.794. The second-order valence-corrected chi connectivity index (χ2v) is 9.46. The quantitative estimate of drug-likeness (QED) is 0.217. The van der Waals surface area contributed by atoms with E-state index in [1.165, 1.54) is 23.5 Å². The molecule has 0 radical (unpaired) electrons. The number of para-hydroxylation sites is 1. The predicted molar refractivity (Wildman–Crippen MR) is 140 cm³/mol. The summed E-state index contributed by atoms with van der Waals surface area (Å²) < 4.78 is 19.5. The van der Waals surface area contributed by atoms with Crippen molar-refractivity contribution in [2.45, 2.75) is 31.6 Å². The molecule has 0 aliphatic carbocycles. The lowest BCUT2D eigenvalue weighted by Gasteiger charge is -2.24. The smallest absolute Gasteiger partial charge is 0.228 e. The topological polar surface area (TPSA) is 45.7 Å². The maximum absolute atomic E-state index is 13.2. The third-order valence-corrected chi connectivity index (χ3v) is 7.42. The molecule has 3 aromatic rings. The summed E-state index contributed by atoms with van der Waals surface area (Å²) in [6, 6.07) is 12.3. The summed E-state index contributed by atoms with van der Waals surface area (Å²) in [4.78, 5) is 23.1. The largest absolute Gasteiger partial charge is 0.494 e. The number of methoxy groups -OCH3 is 1. The number of carbonyl (C=O) groups is 1. The Balaban J connectivity index is 0.00000385. The van der Waals surface area contributed by atoms with E-state index in [2.05, 4.69) is 18.7 Å². The van der Waals surface area contributed by atoms with Crippen LogP contribution in [0.15, 0.2) is 47.4 Å². The number of halogens is 2. The summed E-state index contributed by atoms with van der Waals surface area (Å²) in [7, 11) is 1.63. The first kappa shape index (κ1) is 27.4. The molecule has 0 bridgehead atoms. The Kier molecular flexibility index (Phi) is 11.4. The Bertz CT molecular complexity index is 1010. The van der Waals surface area contributed by atoms with Crippen LogP contribution in [0.25, 0.3) is 10.2 Å². The molecule has 1 aromatic heterocycles. The molecule has 1 amide bonds. The van der Waals surface area contributed by atoms with Crippen LogP contribution in [-0.2, 0) is 4.79 Å². The molecule has 33 heavy (non-hydrogen) atoms. The molecule has 0 atom stereocenters. The Morgan fingerprint density at radius 1 is 1.12 bits per heavy atom. The van der Waals surface area contributed by atoms with Crippen LogP contribution in [0, 0.1) is 5.82 Å². The number of thioether (sulfide) groups is 1. The molecule has 0 saturated carbocycles. The lowest BCUT2D eigenvalue weighted by Crippen LogP contribution is -2.38. The van der Waals surface area contributed by atoms with Gasteiger partial charge in [-0.3, -0.25) is 9.69 Å². The highest BCUT2D eigenvalue weighted by atomic mass is 35.5. The number of anilines is 1. The zero-order valence-corrected chi connectivity index (χ0v) is 21.7. The van der Waals surface area contributed by atoms with E-state index in [0.29, 0.717) is 18.1 Å². The Hall–Kier alpha value is -1.87. The van der Waals surface area contributed by atoms with Crippen LogP contribution in [0.5, 0.6) is 5.75 Å². The highest BCUT2D eigenvalue weighted by Gasteiger charge is 2.21. The van der Waals surface area contributed by atoms with Crippen molar-refractivity contribution in [1.29, 1.82) is 0 Å². The number of amides is 1. The fourth-order valence-corrected chi connectivity index (χ4v) is 5.26. The fourth-order valence-electron chi connectivity index (χ4n) is 3.38. The first-order valence-corrected chi connectivity index (χ1v) is 12.7. The Morgan fingerprint density at radius 3 is 2.52 bits per heavy atom. The van der Waals surface area contributed by atoms with Crippen LogP contribution in [0.2, 0.25) is 0 Å². The van der Waals surface area contributed by atoms with Crippen molar-refractivity contribution in [3.05, 3.63) is 48.3 Å². The van der Waals surface area contributed by atoms with E-state index in [9.17, 15) is 9.18 Å². The Labute approximate surface area is 209 Å². The molecule has 0 saturated heterocycles. The molecule has 0 fully saturated rings.